The van der Waals surface area contributed by atoms with Gasteiger partial charge in [-0.3, -0.25) is 4.90 Å². The lowest BCUT2D eigenvalue weighted by atomic mass is 9.96. The highest BCUT2D eigenvalue weighted by Gasteiger charge is 2.50. The first kappa shape index (κ1) is 16.0. The molecular formula is C19H23BrN2O2. The Morgan fingerprint density at radius 1 is 1.29 bits per heavy atom. The first-order valence-corrected chi connectivity index (χ1v) is 9.40. The summed E-state index contributed by atoms with van der Waals surface area (Å²) in [6.07, 6.45) is 3.18. The summed E-state index contributed by atoms with van der Waals surface area (Å²) in [5.74, 6) is 0.527. The molecule has 1 N–H and O–H groups in total. The van der Waals surface area contributed by atoms with E-state index in [1.807, 2.05) is 31.7 Å². The maximum atomic E-state index is 12.8. The summed E-state index contributed by atoms with van der Waals surface area (Å²) in [5.41, 5.74) is 1.77. The van der Waals surface area contributed by atoms with Crippen LogP contribution < -0.4 is 0 Å². The van der Waals surface area contributed by atoms with Crippen molar-refractivity contribution in [3.05, 3.63) is 34.4 Å². The maximum Gasteiger partial charge on any atom is 0.411 e. The third kappa shape index (κ3) is 2.73. The van der Waals surface area contributed by atoms with Gasteiger partial charge in [0.05, 0.1) is 6.04 Å². The molecule has 1 aliphatic carbocycles. The zero-order valence-electron chi connectivity index (χ0n) is 14.3. The minimum atomic E-state index is -0.464. The molecule has 0 unspecified atom stereocenters. The fourth-order valence-electron chi connectivity index (χ4n) is 4.25. The third-order valence-corrected chi connectivity index (χ3v) is 5.61. The second-order valence-corrected chi connectivity index (χ2v) is 8.93. The minimum absolute atomic E-state index is 0.102. The normalized spacial score (nSPS) is 26.3. The van der Waals surface area contributed by atoms with Gasteiger partial charge < -0.3 is 9.72 Å². The molecule has 2 aliphatic rings. The molecule has 0 spiro atoms. The highest BCUT2D eigenvalue weighted by atomic mass is 79.9. The summed E-state index contributed by atoms with van der Waals surface area (Å²) in [5, 5.41) is 1.18. The number of halogens is 1. The number of hydrogen-bond donors (Lipinski definition) is 1. The second kappa shape index (κ2) is 5.51. The van der Waals surface area contributed by atoms with E-state index in [9.17, 15) is 4.79 Å². The van der Waals surface area contributed by atoms with Gasteiger partial charge in [0.2, 0.25) is 0 Å². The van der Waals surface area contributed by atoms with Crippen molar-refractivity contribution in [3.63, 3.8) is 0 Å². The van der Waals surface area contributed by atoms with E-state index >= 15 is 0 Å². The van der Waals surface area contributed by atoms with Gasteiger partial charge in [0, 0.05) is 21.7 Å². The van der Waals surface area contributed by atoms with Crippen LogP contribution >= 0.6 is 15.9 Å². The average molecular weight is 391 g/mol. The first-order valence-electron chi connectivity index (χ1n) is 8.61. The van der Waals surface area contributed by atoms with Crippen LogP contribution in [0.5, 0.6) is 0 Å². The Balaban J connectivity index is 1.69. The van der Waals surface area contributed by atoms with E-state index in [1.54, 1.807) is 0 Å². The van der Waals surface area contributed by atoms with Crippen molar-refractivity contribution < 1.29 is 9.53 Å². The van der Waals surface area contributed by atoms with Crippen LogP contribution in [0, 0.1) is 5.92 Å². The number of carbonyl (C=O) groups excluding carboxylic acids is 1. The number of fused-ring (bicyclic) bond motifs is 3. The quantitative estimate of drug-likeness (QED) is 0.708. The molecule has 2 heterocycles. The zero-order chi connectivity index (χ0) is 17.1. The van der Waals surface area contributed by atoms with Gasteiger partial charge in [0.1, 0.15) is 5.60 Å². The second-order valence-electron chi connectivity index (χ2n) is 8.02. The van der Waals surface area contributed by atoms with Crippen LogP contribution in [0.3, 0.4) is 0 Å². The summed E-state index contributed by atoms with van der Waals surface area (Å²) in [6.45, 7) is 5.78. The molecule has 1 saturated heterocycles. The Morgan fingerprint density at radius 2 is 2.08 bits per heavy atom. The molecule has 1 aliphatic heterocycles. The predicted octanol–water partition coefficient (Wildman–Crippen LogP) is 5.39. The molecule has 1 saturated carbocycles. The standard InChI is InChI=1S/C19H23BrN2O2/c1-19(2,3)24-18(23)22-14-7-5-12(8-14)17(22)16-9-11-4-6-13(20)10-15(11)21-16/h4,6,9-10,12,14,17,21H,5,7-8H2,1-3H3/t12-,14+,17-/m0/s1. The third-order valence-electron chi connectivity index (χ3n) is 5.11. The van der Waals surface area contributed by atoms with Gasteiger partial charge in [0.25, 0.3) is 0 Å². The van der Waals surface area contributed by atoms with E-state index in [1.165, 1.54) is 11.8 Å². The number of ether oxygens (including phenoxy) is 1. The fraction of sp³-hybridized carbons (Fsp3) is 0.526. The maximum absolute atomic E-state index is 12.8. The summed E-state index contributed by atoms with van der Waals surface area (Å²) in [6, 6.07) is 8.84. The highest BCUT2D eigenvalue weighted by Crippen LogP contribution is 2.50. The summed E-state index contributed by atoms with van der Waals surface area (Å²) in [7, 11) is 0. The largest absolute Gasteiger partial charge is 0.444 e. The number of rotatable bonds is 1. The average Bonchev–Trinajstić information content (AvgIpc) is 3.17. The van der Waals surface area contributed by atoms with Crippen molar-refractivity contribution in [1.82, 2.24) is 9.88 Å². The SMILES string of the molecule is CC(C)(C)OC(=O)N1[C@@H]2CC[C@@H](C2)[C@H]1c1cc2ccc(Br)cc2[nH]1. The Bertz CT molecular complexity index is 792. The first-order chi connectivity index (χ1) is 11.3. The smallest absolute Gasteiger partial charge is 0.411 e. The van der Waals surface area contributed by atoms with E-state index in [0.717, 1.165) is 28.5 Å². The van der Waals surface area contributed by atoms with E-state index in [0.29, 0.717) is 12.0 Å². The summed E-state index contributed by atoms with van der Waals surface area (Å²) < 4.78 is 6.74. The van der Waals surface area contributed by atoms with Crippen LogP contribution in [0.4, 0.5) is 4.79 Å². The lowest BCUT2D eigenvalue weighted by Gasteiger charge is -2.36. The number of nitrogens with one attached hydrogen (secondary N) is 1. The molecule has 128 valence electrons. The van der Waals surface area contributed by atoms with Crippen LogP contribution in [-0.4, -0.2) is 27.6 Å². The number of nitrogens with zero attached hydrogens (tertiary/aromatic N) is 1. The monoisotopic (exact) mass is 390 g/mol. The van der Waals surface area contributed by atoms with E-state index in [2.05, 4.69) is 39.1 Å². The Hall–Kier alpha value is -1.49. The molecule has 4 rings (SSSR count). The molecule has 4 nitrogen and oxygen atoms in total. The van der Waals surface area contributed by atoms with Gasteiger partial charge in [-0.2, -0.15) is 0 Å². The van der Waals surface area contributed by atoms with Crippen molar-refractivity contribution in [2.45, 2.75) is 57.7 Å². The van der Waals surface area contributed by atoms with Crippen molar-refractivity contribution >= 4 is 32.9 Å². The summed E-state index contributed by atoms with van der Waals surface area (Å²) >= 11 is 3.52. The van der Waals surface area contributed by atoms with Crippen molar-refractivity contribution in [2.24, 2.45) is 5.92 Å². The number of piperidine rings is 1. The summed E-state index contributed by atoms with van der Waals surface area (Å²) in [4.78, 5) is 18.3. The fourth-order valence-corrected chi connectivity index (χ4v) is 4.61. The molecule has 2 fully saturated rings. The Kier molecular flexibility index (Phi) is 3.68. The highest BCUT2D eigenvalue weighted by molar-refractivity contribution is 9.10. The number of H-pyrrole nitrogens is 1. The molecule has 3 atom stereocenters. The van der Waals surface area contributed by atoms with Crippen molar-refractivity contribution in [1.29, 1.82) is 0 Å². The number of likely N-dealkylation sites (tertiary alicyclic amines) is 1. The molecule has 24 heavy (non-hydrogen) atoms. The lowest BCUT2D eigenvalue weighted by Crippen LogP contribution is -2.43. The number of amides is 1. The van der Waals surface area contributed by atoms with Crippen molar-refractivity contribution in [3.8, 4) is 0 Å². The van der Waals surface area contributed by atoms with Gasteiger partial charge in [-0.15, -0.1) is 0 Å². The molecule has 2 aromatic rings. The molecule has 1 amide bonds. The van der Waals surface area contributed by atoms with Crippen molar-refractivity contribution in [2.75, 3.05) is 0 Å². The molecule has 2 bridgehead atoms. The van der Waals surface area contributed by atoms with Gasteiger partial charge in [-0.05, 0) is 69.5 Å². The number of aromatic amines is 1. The number of aromatic nitrogens is 1. The molecular weight excluding hydrogens is 368 g/mol. The molecule has 5 heteroatoms. The number of benzene rings is 1. The lowest BCUT2D eigenvalue weighted by molar-refractivity contribution is 0.00674. The Labute approximate surface area is 150 Å². The zero-order valence-corrected chi connectivity index (χ0v) is 15.9. The van der Waals surface area contributed by atoms with Gasteiger partial charge in [0.15, 0.2) is 0 Å². The van der Waals surface area contributed by atoms with Gasteiger partial charge in [-0.25, -0.2) is 4.79 Å². The minimum Gasteiger partial charge on any atom is -0.444 e. The van der Waals surface area contributed by atoms with E-state index in [-0.39, 0.29) is 12.1 Å². The van der Waals surface area contributed by atoms with Crippen LogP contribution in [0.25, 0.3) is 10.9 Å². The molecule has 1 aromatic carbocycles. The van der Waals surface area contributed by atoms with Crippen LogP contribution in [-0.2, 0) is 4.74 Å². The van der Waals surface area contributed by atoms with Crippen LogP contribution in [0.15, 0.2) is 28.7 Å². The van der Waals surface area contributed by atoms with E-state index < -0.39 is 5.60 Å². The molecule has 0 radical (unpaired) electrons. The number of hydrogen-bond acceptors (Lipinski definition) is 2. The number of carbonyl (C=O) groups is 1. The Morgan fingerprint density at radius 3 is 2.83 bits per heavy atom. The topological polar surface area (TPSA) is 45.3 Å². The van der Waals surface area contributed by atoms with E-state index in [4.69, 9.17) is 4.74 Å². The van der Waals surface area contributed by atoms with Crippen LogP contribution in [0.2, 0.25) is 0 Å². The van der Waals surface area contributed by atoms with Crippen LogP contribution in [0.1, 0.15) is 51.8 Å². The predicted molar refractivity (Wildman–Crippen MR) is 97.9 cm³/mol. The van der Waals surface area contributed by atoms with Gasteiger partial charge >= 0.3 is 6.09 Å². The van der Waals surface area contributed by atoms with Gasteiger partial charge in [-0.1, -0.05) is 22.0 Å². The molecule has 1 aromatic heterocycles.